The molecule has 2 aromatic carbocycles. The summed E-state index contributed by atoms with van der Waals surface area (Å²) in [6, 6.07) is 15.8. The van der Waals surface area contributed by atoms with Gasteiger partial charge in [-0.25, -0.2) is 13.1 Å². The van der Waals surface area contributed by atoms with Crippen molar-refractivity contribution in [1.29, 1.82) is 0 Å². The van der Waals surface area contributed by atoms with Crippen molar-refractivity contribution in [3.05, 3.63) is 54.1 Å². The summed E-state index contributed by atoms with van der Waals surface area (Å²) in [6.45, 7) is 1.22. The van der Waals surface area contributed by atoms with E-state index in [9.17, 15) is 13.2 Å². The summed E-state index contributed by atoms with van der Waals surface area (Å²) in [4.78, 5) is 10.7. The van der Waals surface area contributed by atoms with Crippen LogP contribution in [0.5, 0.6) is 5.75 Å². The molecular formula is C23H31ClN2O5S. The van der Waals surface area contributed by atoms with Gasteiger partial charge in [0.1, 0.15) is 5.75 Å². The highest BCUT2D eigenvalue weighted by atomic mass is 35.5. The monoisotopic (exact) mass is 482 g/mol. The number of para-hydroxylation sites is 1. The zero-order valence-electron chi connectivity index (χ0n) is 18.1. The first-order valence-corrected chi connectivity index (χ1v) is 12.4. The third kappa shape index (κ3) is 8.09. The molecule has 0 aromatic heterocycles. The summed E-state index contributed by atoms with van der Waals surface area (Å²) in [6.07, 6.45) is 4.20. The van der Waals surface area contributed by atoms with Crippen LogP contribution in [0, 0.1) is 0 Å². The number of carbonyl (C=O) groups is 1. The van der Waals surface area contributed by atoms with Gasteiger partial charge in [0.2, 0.25) is 10.0 Å². The minimum atomic E-state index is -3.27. The number of aliphatic carboxylic acids is 1. The van der Waals surface area contributed by atoms with Crippen molar-refractivity contribution in [2.45, 2.75) is 44.2 Å². The topological polar surface area (TPSA) is 105 Å². The summed E-state index contributed by atoms with van der Waals surface area (Å²) in [7, 11) is -3.27. The molecule has 3 rings (SSSR count). The maximum absolute atomic E-state index is 11.7. The summed E-state index contributed by atoms with van der Waals surface area (Å²) >= 11 is 0. The molecule has 7 nitrogen and oxygen atoms in total. The zero-order chi connectivity index (χ0) is 22.3. The van der Waals surface area contributed by atoms with Crippen molar-refractivity contribution < 1.29 is 23.1 Å². The Morgan fingerprint density at radius 2 is 2.00 bits per heavy atom. The number of sulfonamides is 1. The molecule has 3 N–H and O–H groups in total. The number of hydrogen-bond donors (Lipinski definition) is 3. The Bertz CT molecular complexity index is 999. The van der Waals surface area contributed by atoms with Crippen LogP contribution >= 0.6 is 12.4 Å². The number of carboxylic acid groups (broad SMARTS) is 1. The Labute approximate surface area is 196 Å². The van der Waals surface area contributed by atoms with Crippen molar-refractivity contribution in [3.63, 3.8) is 0 Å². The van der Waals surface area contributed by atoms with Crippen LogP contribution in [0.25, 0.3) is 11.1 Å². The summed E-state index contributed by atoms with van der Waals surface area (Å²) < 4.78 is 32.1. The molecule has 9 heteroatoms. The van der Waals surface area contributed by atoms with Gasteiger partial charge in [0, 0.05) is 24.1 Å². The second kappa shape index (κ2) is 12.2. The number of benzene rings is 2. The normalized spacial score (nSPS) is 18.5. The molecule has 2 aromatic rings. The summed E-state index contributed by atoms with van der Waals surface area (Å²) in [5, 5.41) is 12.2. The van der Waals surface area contributed by atoms with Gasteiger partial charge in [-0.15, -0.1) is 12.4 Å². The molecule has 0 aliphatic carbocycles. The lowest BCUT2D eigenvalue weighted by atomic mass is 9.92. The van der Waals surface area contributed by atoms with Gasteiger partial charge in [0.25, 0.3) is 0 Å². The number of hydrogen-bond acceptors (Lipinski definition) is 5. The smallest absolute Gasteiger partial charge is 0.303 e. The van der Waals surface area contributed by atoms with Crippen LogP contribution in [-0.4, -0.2) is 51.0 Å². The minimum absolute atomic E-state index is 0. The molecule has 2 unspecified atom stereocenters. The van der Waals surface area contributed by atoms with E-state index in [0.717, 1.165) is 41.8 Å². The molecule has 0 amide bonds. The van der Waals surface area contributed by atoms with Crippen LogP contribution < -0.4 is 14.8 Å². The molecule has 0 bridgehead atoms. The van der Waals surface area contributed by atoms with E-state index in [1.165, 1.54) is 6.26 Å². The first-order chi connectivity index (χ1) is 14.8. The van der Waals surface area contributed by atoms with E-state index in [4.69, 9.17) is 9.84 Å². The third-order valence-corrected chi connectivity index (χ3v) is 6.05. The second-order valence-corrected chi connectivity index (χ2v) is 9.73. The van der Waals surface area contributed by atoms with Crippen LogP contribution in [0.1, 0.15) is 31.2 Å². The van der Waals surface area contributed by atoms with Gasteiger partial charge in [0.15, 0.2) is 0 Å². The molecule has 1 fully saturated rings. The summed E-state index contributed by atoms with van der Waals surface area (Å²) in [5.41, 5.74) is 3.06. The molecule has 1 heterocycles. The standard InChI is InChI=1S/C23H30N2O5S.ClH/c1-31(28,29)25-20-10-5-13-24-21(20)16-17-7-4-8-18(15-17)19-9-2-3-11-22(19)30-14-6-12-23(26)27;/h2-4,7-9,11,15,20-21,24-25H,5-6,10,12-14,16H2,1H3,(H,26,27);1H. The Balaban J connectivity index is 0.00000363. The maximum atomic E-state index is 11.7. The fourth-order valence-corrected chi connectivity index (χ4v) is 4.77. The predicted octanol–water partition coefficient (Wildman–Crippen LogP) is 3.23. The number of carboxylic acids is 1. The molecule has 0 spiro atoms. The SMILES string of the molecule is CS(=O)(=O)NC1CCCNC1Cc1cccc(-c2ccccc2OCCCC(=O)O)c1.Cl. The summed E-state index contributed by atoms with van der Waals surface area (Å²) in [5.74, 6) is -0.109. The molecule has 32 heavy (non-hydrogen) atoms. The van der Waals surface area contributed by atoms with Crippen molar-refractivity contribution in [1.82, 2.24) is 10.0 Å². The van der Waals surface area contributed by atoms with E-state index in [1.54, 1.807) is 0 Å². The largest absolute Gasteiger partial charge is 0.493 e. The van der Waals surface area contributed by atoms with E-state index >= 15 is 0 Å². The maximum Gasteiger partial charge on any atom is 0.303 e. The van der Waals surface area contributed by atoms with Crippen molar-refractivity contribution in [3.8, 4) is 16.9 Å². The Kier molecular flexibility index (Phi) is 9.96. The van der Waals surface area contributed by atoms with E-state index in [0.29, 0.717) is 19.4 Å². The molecule has 0 saturated carbocycles. The van der Waals surface area contributed by atoms with Crippen molar-refractivity contribution >= 4 is 28.4 Å². The number of ether oxygens (including phenoxy) is 1. The average Bonchev–Trinajstić information content (AvgIpc) is 2.72. The van der Waals surface area contributed by atoms with E-state index in [2.05, 4.69) is 16.1 Å². The van der Waals surface area contributed by atoms with Crippen LogP contribution in [0.4, 0.5) is 0 Å². The fraction of sp³-hybridized carbons (Fsp3) is 0.435. The van der Waals surface area contributed by atoms with Gasteiger partial charge in [-0.1, -0.05) is 42.5 Å². The predicted molar refractivity (Wildman–Crippen MR) is 128 cm³/mol. The fourth-order valence-electron chi connectivity index (χ4n) is 3.94. The molecule has 1 aliphatic heterocycles. The highest BCUT2D eigenvalue weighted by molar-refractivity contribution is 7.88. The highest BCUT2D eigenvalue weighted by Gasteiger charge is 2.27. The lowest BCUT2D eigenvalue weighted by Gasteiger charge is -2.33. The second-order valence-electron chi connectivity index (χ2n) is 7.95. The number of rotatable bonds is 10. The molecule has 2 atom stereocenters. The number of halogens is 1. The Hall–Kier alpha value is -2.13. The molecule has 1 saturated heterocycles. The Morgan fingerprint density at radius 1 is 1.22 bits per heavy atom. The lowest BCUT2D eigenvalue weighted by molar-refractivity contribution is -0.137. The average molecular weight is 483 g/mol. The molecular weight excluding hydrogens is 452 g/mol. The van der Waals surface area contributed by atoms with Gasteiger partial charge in [0.05, 0.1) is 12.9 Å². The van der Waals surface area contributed by atoms with Crippen molar-refractivity contribution in [2.75, 3.05) is 19.4 Å². The highest BCUT2D eigenvalue weighted by Crippen LogP contribution is 2.31. The van der Waals surface area contributed by atoms with Crippen LogP contribution in [0.2, 0.25) is 0 Å². The van der Waals surface area contributed by atoms with E-state index < -0.39 is 16.0 Å². The van der Waals surface area contributed by atoms with Gasteiger partial charge in [-0.05, 0) is 49.4 Å². The first-order valence-electron chi connectivity index (χ1n) is 10.6. The van der Waals surface area contributed by atoms with Gasteiger partial charge >= 0.3 is 5.97 Å². The molecule has 176 valence electrons. The third-order valence-electron chi connectivity index (χ3n) is 5.32. The number of nitrogens with one attached hydrogen (secondary N) is 2. The van der Waals surface area contributed by atoms with Gasteiger partial charge < -0.3 is 15.2 Å². The first kappa shape index (κ1) is 26.1. The quantitative estimate of drug-likeness (QED) is 0.449. The van der Waals surface area contributed by atoms with E-state index in [-0.39, 0.29) is 30.9 Å². The van der Waals surface area contributed by atoms with Crippen molar-refractivity contribution in [2.24, 2.45) is 0 Å². The van der Waals surface area contributed by atoms with Crippen LogP contribution in [0.3, 0.4) is 0 Å². The van der Waals surface area contributed by atoms with E-state index in [1.807, 2.05) is 42.5 Å². The van der Waals surface area contributed by atoms with Crippen LogP contribution in [-0.2, 0) is 21.2 Å². The Morgan fingerprint density at radius 3 is 2.75 bits per heavy atom. The van der Waals surface area contributed by atoms with Gasteiger partial charge in [-0.2, -0.15) is 0 Å². The lowest BCUT2D eigenvalue weighted by Crippen LogP contribution is -2.54. The molecule has 1 aliphatic rings. The van der Waals surface area contributed by atoms with Gasteiger partial charge in [-0.3, -0.25) is 4.79 Å². The van der Waals surface area contributed by atoms with Crippen LogP contribution in [0.15, 0.2) is 48.5 Å². The molecule has 0 radical (unpaired) electrons. The zero-order valence-corrected chi connectivity index (χ0v) is 19.8. The minimum Gasteiger partial charge on any atom is -0.493 e. The number of piperidine rings is 1.